The van der Waals surface area contributed by atoms with E-state index >= 15 is 0 Å². The van der Waals surface area contributed by atoms with E-state index in [0.717, 1.165) is 17.7 Å². The number of rotatable bonds is 3. The number of amides is 1. The molecule has 0 aliphatic carbocycles. The van der Waals surface area contributed by atoms with E-state index in [4.69, 9.17) is 4.42 Å². The summed E-state index contributed by atoms with van der Waals surface area (Å²) in [6.07, 6.45) is 0.842. The van der Waals surface area contributed by atoms with E-state index in [0.29, 0.717) is 17.4 Å². The van der Waals surface area contributed by atoms with E-state index < -0.39 is 0 Å². The summed E-state index contributed by atoms with van der Waals surface area (Å²) in [5, 5.41) is 9.68. The smallest absolute Gasteiger partial charge is 0.294 e. The Morgan fingerprint density at radius 2 is 2.11 bits per heavy atom. The number of aromatic amines is 1. The lowest BCUT2D eigenvalue weighted by Crippen LogP contribution is -2.13. The maximum absolute atomic E-state index is 12.0. The molecule has 6 heteroatoms. The highest BCUT2D eigenvalue weighted by Crippen LogP contribution is 2.17. The van der Waals surface area contributed by atoms with Crippen molar-refractivity contribution in [3.05, 3.63) is 28.6 Å². The third kappa shape index (κ3) is 2.13. The second kappa shape index (κ2) is 4.64. The van der Waals surface area contributed by atoms with Crippen LogP contribution in [0.2, 0.25) is 0 Å². The molecule has 0 unspecified atom stereocenters. The maximum atomic E-state index is 12.0. The van der Waals surface area contributed by atoms with Gasteiger partial charge in [0, 0.05) is 18.2 Å². The van der Waals surface area contributed by atoms with Crippen LogP contribution in [0.25, 0.3) is 0 Å². The number of aromatic nitrogens is 3. The minimum absolute atomic E-state index is 0.230. The molecule has 1 amide bonds. The molecule has 18 heavy (non-hydrogen) atoms. The number of anilines is 1. The Labute approximate surface area is 105 Å². The summed E-state index contributed by atoms with van der Waals surface area (Å²) in [7, 11) is 0. The van der Waals surface area contributed by atoms with Crippen molar-refractivity contribution in [1.82, 2.24) is 15.2 Å². The first-order valence-corrected chi connectivity index (χ1v) is 5.82. The first-order valence-electron chi connectivity index (χ1n) is 5.82. The fraction of sp³-hybridized carbons (Fsp3) is 0.417. The van der Waals surface area contributed by atoms with Crippen LogP contribution >= 0.6 is 0 Å². The highest BCUT2D eigenvalue weighted by molar-refractivity contribution is 6.02. The van der Waals surface area contributed by atoms with Crippen molar-refractivity contribution in [2.24, 2.45) is 0 Å². The average Bonchev–Trinajstić information content (AvgIpc) is 2.83. The molecular formula is C12H16N4O2. The standard InChI is InChI=1S/C12H16N4O2/c1-5-9-6(2)11(16-15-9)14-12(17)10-7(3)13-8(4)18-10/h5H2,1-4H3,(H2,14,15,16,17). The van der Waals surface area contributed by atoms with Crippen LogP contribution in [-0.4, -0.2) is 21.1 Å². The number of oxazole rings is 1. The van der Waals surface area contributed by atoms with Gasteiger partial charge in [-0.05, 0) is 20.3 Å². The predicted molar refractivity (Wildman–Crippen MR) is 66.6 cm³/mol. The number of H-pyrrole nitrogens is 1. The second-order valence-electron chi connectivity index (χ2n) is 4.13. The van der Waals surface area contributed by atoms with Crippen molar-refractivity contribution in [3.8, 4) is 0 Å². The monoisotopic (exact) mass is 248 g/mol. The normalized spacial score (nSPS) is 10.7. The van der Waals surface area contributed by atoms with Crippen molar-refractivity contribution in [3.63, 3.8) is 0 Å². The van der Waals surface area contributed by atoms with Crippen molar-refractivity contribution in [2.75, 3.05) is 5.32 Å². The van der Waals surface area contributed by atoms with Gasteiger partial charge in [-0.2, -0.15) is 5.10 Å². The Morgan fingerprint density at radius 1 is 1.39 bits per heavy atom. The fourth-order valence-electron chi connectivity index (χ4n) is 1.81. The molecule has 0 aliphatic rings. The first kappa shape index (κ1) is 12.3. The lowest BCUT2D eigenvalue weighted by Gasteiger charge is -2.01. The molecule has 0 saturated carbocycles. The van der Waals surface area contributed by atoms with E-state index in [1.807, 2.05) is 13.8 Å². The average molecular weight is 248 g/mol. The largest absolute Gasteiger partial charge is 0.436 e. The van der Waals surface area contributed by atoms with Gasteiger partial charge in [-0.25, -0.2) is 4.98 Å². The van der Waals surface area contributed by atoms with Crippen LogP contribution in [0.4, 0.5) is 5.82 Å². The number of hydrogen-bond donors (Lipinski definition) is 2. The van der Waals surface area contributed by atoms with Crippen LogP contribution < -0.4 is 5.32 Å². The zero-order valence-corrected chi connectivity index (χ0v) is 10.9. The highest BCUT2D eigenvalue weighted by atomic mass is 16.4. The molecule has 2 rings (SSSR count). The molecule has 2 aromatic rings. The van der Waals surface area contributed by atoms with Crippen LogP contribution in [0.15, 0.2) is 4.42 Å². The molecule has 6 nitrogen and oxygen atoms in total. The van der Waals surface area contributed by atoms with Gasteiger partial charge < -0.3 is 9.73 Å². The highest BCUT2D eigenvalue weighted by Gasteiger charge is 2.18. The predicted octanol–water partition coefficient (Wildman–Crippen LogP) is 2.14. The van der Waals surface area contributed by atoms with E-state index in [1.165, 1.54) is 0 Å². The number of hydrogen-bond acceptors (Lipinski definition) is 4. The lowest BCUT2D eigenvalue weighted by atomic mass is 10.2. The topological polar surface area (TPSA) is 83.8 Å². The van der Waals surface area contributed by atoms with Gasteiger partial charge in [-0.1, -0.05) is 6.92 Å². The van der Waals surface area contributed by atoms with Crippen LogP contribution in [-0.2, 0) is 6.42 Å². The Balaban J connectivity index is 2.21. The van der Waals surface area contributed by atoms with Crippen LogP contribution in [0, 0.1) is 20.8 Å². The summed E-state index contributed by atoms with van der Waals surface area (Å²) >= 11 is 0. The Kier molecular flexibility index (Phi) is 3.18. The van der Waals surface area contributed by atoms with Crippen molar-refractivity contribution >= 4 is 11.7 Å². The first-order chi connectivity index (χ1) is 8.52. The third-order valence-electron chi connectivity index (χ3n) is 2.81. The summed E-state index contributed by atoms with van der Waals surface area (Å²) in [4.78, 5) is 16.1. The number of carbonyl (C=O) groups excluding carboxylic acids is 1. The Morgan fingerprint density at radius 3 is 2.61 bits per heavy atom. The van der Waals surface area contributed by atoms with Gasteiger partial charge in [-0.3, -0.25) is 9.89 Å². The molecule has 2 heterocycles. The molecule has 2 aromatic heterocycles. The molecule has 0 radical (unpaired) electrons. The van der Waals surface area contributed by atoms with Gasteiger partial charge >= 0.3 is 0 Å². The maximum Gasteiger partial charge on any atom is 0.294 e. The summed E-state index contributed by atoms with van der Waals surface area (Å²) in [6.45, 7) is 7.38. The fourth-order valence-corrected chi connectivity index (χ4v) is 1.81. The summed E-state index contributed by atoms with van der Waals surface area (Å²) < 4.78 is 5.26. The molecule has 0 fully saturated rings. The summed E-state index contributed by atoms with van der Waals surface area (Å²) in [6, 6.07) is 0. The number of aryl methyl sites for hydroxylation is 3. The van der Waals surface area contributed by atoms with Crippen molar-refractivity contribution in [1.29, 1.82) is 0 Å². The van der Waals surface area contributed by atoms with Crippen molar-refractivity contribution in [2.45, 2.75) is 34.1 Å². The van der Waals surface area contributed by atoms with Crippen LogP contribution in [0.5, 0.6) is 0 Å². The van der Waals surface area contributed by atoms with Crippen LogP contribution in [0.1, 0.15) is 40.3 Å². The van der Waals surface area contributed by atoms with Gasteiger partial charge in [0.1, 0.15) is 0 Å². The molecule has 0 aromatic carbocycles. The van der Waals surface area contributed by atoms with Gasteiger partial charge in [0.15, 0.2) is 11.7 Å². The second-order valence-corrected chi connectivity index (χ2v) is 4.13. The van der Waals surface area contributed by atoms with Gasteiger partial charge in [-0.15, -0.1) is 0 Å². The number of nitrogens with one attached hydrogen (secondary N) is 2. The molecule has 0 spiro atoms. The molecule has 0 saturated heterocycles. The van der Waals surface area contributed by atoms with Gasteiger partial charge in [0.05, 0.1) is 5.69 Å². The zero-order chi connectivity index (χ0) is 13.3. The lowest BCUT2D eigenvalue weighted by molar-refractivity contribution is 0.0994. The molecule has 0 bridgehead atoms. The SMILES string of the molecule is CCc1[nH]nc(NC(=O)c2oc(C)nc2C)c1C. The number of nitrogens with zero attached hydrogens (tertiary/aromatic N) is 2. The summed E-state index contributed by atoms with van der Waals surface area (Å²) in [5.41, 5.74) is 2.53. The van der Waals surface area contributed by atoms with E-state index in [-0.39, 0.29) is 11.7 Å². The molecule has 0 aliphatic heterocycles. The van der Waals surface area contributed by atoms with E-state index in [9.17, 15) is 4.79 Å². The van der Waals surface area contributed by atoms with Gasteiger partial charge in [0.2, 0.25) is 5.76 Å². The molecule has 96 valence electrons. The third-order valence-corrected chi connectivity index (χ3v) is 2.81. The zero-order valence-electron chi connectivity index (χ0n) is 10.9. The number of carbonyl (C=O) groups is 1. The van der Waals surface area contributed by atoms with E-state index in [2.05, 4.69) is 20.5 Å². The minimum Gasteiger partial charge on any atom is -0.436 e. The van der Waals surface area contributed by atoms with Gasteiger partial charge in [0.25, 0.3) is 5.91 Å². The molecule has 0 atom stereocenters. The van der Waals surface area contributed by atoms with E-state index in [1.54, 1.807) is 13.8 Å². The summed E-state index contributed by atoms with van der Waals surface area (Å²) in [5.74, 6) is 0.911. The Hall–Kier alpha value is -2.11. The quantitative estimate of drug-likeness (QED) is 0.871. The van der Waals surface area contributed by atoms with Crippen LogP contribution in [0.3, 0.4) is 0 Å². The Bertz CT molecular complexity index is 583. The molecule has 2 N–H and O–H groups in total. The minimum atomic E-state index is -0.328. The molecular weight excluding hydrogens is 232 g/mol. The van der Waals surface area contributed by atoms with Crippen molar-refractivity contribution < 1.29 is 9.21 Å².